The molecule has 21 heavy (non-hydrogen) atoms. The highest BCUT2D eigenvalue weighted by Gasteiger charge is 2.18. The third-order valence-electron chi connectivity index (χ3n) is 2.51. The number of carbonyl (C=O) groups excluding carboxylic acids is 1. The van der Waals surface area contributed by atoms with Crippen molar-refractivity contribution < 1.29 is 23.2 Å². The lowest BCUT2D eigenvalue weighted by Crippen LogP contribution is -2.14. The van der Waals surface area contributed by atoms with E-state index in [0.29, 0.717) is 0 Å². The number of hydrogen-bond acceptors (Lipinski definition) is 5. The van der Waals surface area contributed by atoms with Gasteiger partial charge < -0.3 is 14.9 Å². The van der Waals surface area contributed by atoms with E-state index >= 15 is 0 Å². The molecule has 8 heteroatoms. The second-order valence-corrected chi connectivity index (χ2v) is 3.92. The number of ether oxygens (including phenoxy) is 1. The van der Waals surface area contributed by atoms with Crippen LogP contribution in [0.15, 0.2) is 36.5 Å². The number of Topliss-reactive ketones (excluding diaryl/α,β-unsaturated/α-hetero) is 1. The van der Waals surface area contributed by atoms with Gasteiger partial charge in [-0.25, -0.2) is 8.78 Å². The van der Waals surface area contributed by atoms with Gasteiger partial charge in [-0.05, 0) is 40.2 Å². The molecular weight excluding hydrogens is 286 g/mol. The molecule has 0 aliphatic carbocycles. The highest BCUT2D eigenvalue weighted by Crippen LogP contribution is 2.23. The van der Waals surface area contributed by atoms with Crippen molar-refractivity contribution in [1.29, 1.82) is 0 Å². The summed E-state index contributed by atoms with van der Waals surface area (Å²) < 4.78 is 31.3. The summed E-state index contributed by atoms with van der Waals surface area (Å²) >= 11 is 0. The first kappa shape index (κ1) is 14.5. The molecule has 0 fully saturated rings. The van der Waals surface area contributed by atoms with Gasteiger partial charge in [-0.1, -0.05) is 0 Å². The van der Waals surface area contributed by atoms with Crippen molar-refractivity contribution in [2.24, 2.45) is 0 Å². The summed E-state index contributed by atoms with van der Waals surface area (Å²) in [5, 5.41) is 10.7. The van der Waals surface area contributed by atoms with Crippen LogP contribution in [0.5, 0.6) is 5.75 Å². The molecule has 2 rings (SSSR count). The Kier molecular flexibility index (Phi) is 4.17. The first-order valence-electron chi connectivity index (χ1n) is 5.69. The molecule has 0 amide bonds. The largest absolute Gasteiger partial charge is 0.477 e. The van der Waals surface area contributed by atoms with Gasteiger partial charge in [0.1, 0.15) is 17.8 Å². The van der Waals surface area contributed by atoms with Crippen LogP contribution in [0.2, 0.25) is 0 Å². The number of pyridine rings is 1. The Balaban J connectivity index is 2.15. The van der Waals surface area contributed by atoms with Crippen LogP contribution in [-0.4, -0.2) is 22.3 Å². The van der Waals surface area contributed by atoms with Crippen molar-refractivity contribution in [3.63, 3.8) is 0 Å². The number of nitrogens with zero attached hydrogens (tertiary/aromatic N) is 2. The highest BCUT2D eigenvalue weighted by molar-refractivity contribution is 5.97. The number of rotatable bonds is 5. The summed E-state index contributed by atoms with van der Waals surface area (Å²) in [5.74, 6) is -3.30. The topological polar surface area (TPSA) is 82.3 Å². The minimum Gasteiger partial charge on any atom is -0.477 e. The van der Waals surface area contributed by atoms with Gasteiger partial charge in [0.05, 0.1) is 5.56 Å². The van der Waals surface area contributed by atoms with E-state index in [1.807, 2.05) is 0 Å². The fraction of sp³-hybridized carbons (Fsp3) is 0.0769. The molecule has 0 spiro atoms. The molecular formula is C13H8F2N2O4. The third kappa shape index (κ3) is 3.35. The van der Waals surface area contributed by atoms with Gasteiger partial charge in [-0.3, -0.25) is 4.79 Å². The van der Waals surface area contributed by atoms with Gasteiger partial charge in [0.25, 0.3) is 0 Å². The van der Waals surface area contributed by atoms with Crippen molar-refractivity contribution in [3.8, 4) is 5.75 Å². The van der Waals surface area contributed by atoms with E-state index in [4.69, 9.17) is 4.74 Å². The molecule has 0 aliphatic rings. The van der Waals surface area contributed by atoms with Gasteiger partial charge >= 0.3 is 5.82 Å². The second kappa shape index (κ2) is 6.04. The molecule has 0 saturated heterocycles. The Bertz CT molecular complexity index is 706. The predicted octanol–water partition coefficient (Wildman–Crippen LogP) is 2.53. The quantitative estimate of drug-likeness (QED) is 0.481. The lowest BCUT2D eigenvalue weighted by atomic mass is 10.1. The molecule has 0 unspecified atom stereocenters. The second-order valence-electron chi connectivity index (χ2n) is 3.92. The molecule has 1 heterocycles. The number of ketones is 1. The van der Waals surface area contributed by atoms with Crippen LogP contribution in [0.3, 0.4) is 0 Å². The minimum atomic E-state index is -0.898. The maximum absolute atomic E-state index is 13.4. The lowest BCUT2D eigenvalue weighted by Gasteiger charge is -2.06. The zero-order chi connectivity index (χ0) is 15.4. The van der Waals surface area contributed by atoms with Crippen LogP contribution in [0, 0.1) is 21.7 Å². The summed E-state index contributed by atoms with van der Waals surface area (Å²) in [5.41, 5.74) is -0.485. The number of benzene rings is 1. The van der Waals surface area contributed by atoms with E-state index in [0.717, 1.165) is 18.2 Å². The van der Waals surface area contributed by atoms with E-state index in [9.17, 15) is 23.7 Å². The third-order valence-corrected chi connectivity index (χ3v) is 2.51. The fourth-order valence-corrected chi connectivity index (χ4v) is 1.56. The molecule has 0 N–H and O–H groups in total. The Morgan fingerprint density at radius 1 is 1.33 bits per heavy atom. The Morgan fingerprint density at radius 3 is 2.81 bits per heavy atom. The molecule has 108 valence electrons. The van der Waals surface area contributed by atoms with E-state index in [2.05, 4.69) is 4.98 Å². The first-order chi connectivity index (χ1) is 9.99. The molecule has 0 atom stereocenters. The Hall–Kier alpha value is -2.90. The van der Waals surface area contributed by atoms with E-state index in [1.54, 1.807) is 0 Å². The summed E-state index contributed by atoms with van der Waals surface area (Å²) in [4.78, 5) is 25.2. The van der Waals surface area contributed by atoms with Crippen LogP contribution in [0.25, 0.3) is 0 Å². The zero-order valence-electron chi connectivity index (χ0n) is 10.5. The van der Waals surface area contributed by atoms with Crippen molar-refractivity contribution in [2.75, 3.05) is 6.61 Å². The summed E-state index contributed by atoms with van der Waals surface area (Å²) in [6, 6.07) is 5.06. The van der Waals surface area contributed by atoms with Crippen LogP contribution in [-0.2, 0) is 0 Å². The normalized spacial score (nSPS) is 10.2. The predicted molar refractivity (Wildman–Crippen MR) is 67.1 cm³/mol. The van der Waals surface area contributed by atoms with Gasteiger partial charge in [0, 0.05) is 0 Å². The SMILES string of the molecule is O=C(COc1cccnc1[N+](=O)[O-])c1cc(F)ccc1F. The molecule has 6 nitrogen and oxygen atoms in total. The summed E-state index contributed by atoms with van der Waals surface area (Å²) in [6.07, 6.45) is 1.19. The van der Waals surface area contributed by atoms with E-state index in [1.165, 1.54) is 18.3 Å². The van der Waals surface area contributed by atoms with Crippen molar-refractivity contribution >= 4 is 11.6 Å². The molecule has 0 saturated carbocycles. The monoisotopic (exact) mass is 294 g/mol. The summed E-state index contributed by atoms with van der Waals surface area (Å²) in [7, 11) is 0. The molecule has 0 bridgehead atoms. The zero-order valence-corrected chi connectivity index (χ0v) is 10.5. The standard InChI is InChI=1S/C13H8F2N2O4/c14-8-3-4-10(15)9(6-8)11(18)7-21-12-2-1-5-16-13(12)17(19)20/h1-6H,7H2. The summed E-state index contributed by atoms with van der Waals surface area (Å²) in [6.45, 7) is -0.674. The molecule has 0 aliphatic heterocycles. The van der Waals surface area contributed by atoms with E-state index in [-0.39, 0.29) is 5.75 Å². The van der Waals surface area contributed by atoms with Gasteiger partial charge in [0.2, 0.25) is 11.5 Å². The van der Waals surface area contributed by atoms with Gasteiger partial charge in [-0.2, -0.15) is 0 Å². The minimum absolute atomic E-state index is 0.229. The Labute approximate surface area is 117 Å². The maximum atomic E-state index is 13.4. The van der Waals surface area contributed by atoms with Crippen molar-refractivity contribution in [2.45, 2.75) is 0 Å². The van der Waals surface area contributed by atoms with E-state index < -0.39 is 40.3 Å². The number of nitro groups is 1. The highest BCUT2D eigenvalue weighted by atomic mass is 19.1. The number of aromatic nitrogens is 1. The molecule has 1 aromatic heterocycles. The van der Waals surface area contributed by atoms with Gasteiger partial charge in [0.15, 0.2) is 6.61 Å². The van der Waals surface area contributed by atoms with Crippen LogP contribution in [0.4, 0.5) is 14.6 Å². The number of halogens is 2. The molecule has 1 aromatic carbocycles. The van der Waals surface area contributed by atoms with Crippen LogP contribution >= 0.6 is 0 Å². The molecule has 0 radical (unpaired) electrons. The smallest absolute Gasteiger partial charge is 0.406 e. The number of hydrogen-bond donors (Lipinski definition) is 0. The van der Waals surface area contributed by atoms with Gasteiger partial charge in [-0.15, -0.1) is 0 Å². The van der Waals surface area contributed by atoms with Crippen LogP contribution in [0.1, 0.15) is 10.4 Å². The molecule has 2 aromatic rings. The number of carbonyl (C=O) groups is 1. The van der Waals surface area contributed by atoms with Crippen molar-refractivity contribution in [3.05, 3.63) is 63.8 Å². The fourth-order valence-electron chi connectivity index (χ4n) is 1.56. The van der Waals surface area contributed by atoms with Crippen molar-refractivity contribution in [1.82, 2.24) is 4.98 Å². The first-order valence-corrected chi connectivity index (χ1v) is 5.69. The average Bonchev–Trinajstić information content (AvgIpc) is 2.47. The Morgan fingerprint density at radius 2 is 2.10 bits per heavy atom. The average molecular weight is 294 g/mol. The van der Waals surface area contributed by atoms with Crippen LogP contribution < -0.4 is 4.74 Å². The lowest BCUT2D eigenvalue weighted by molar-refractivity contribution is -0.390. The maximum Gasteiger partial charge on any atom is 0.406 e.